The van der Waals surface area contributed by atoms with Gasteiger partial charge in [0.1, 0.15) is 6.61 Å². The fraction of sp³-hybridized carbons (Fsp3) is 0.583. The van der Waals surface area contributed by atoms with Crippen molar-refractivity contribution in [3.63, 3.8) is 0 Å². The lowest BCUT2D eigenvalue weighted by atomic mass is 10.1. The molecule has 0 aliphatic rings. The first-order valence-corrected chi connectivity index (χ1v) is 6.16. The van der Waals surface area contributed by atoms with Crippen LogP contribution in [-0.2, 0) is 4.74 Å². The van der Waals surface area contributed by atoms with E-state index in [-0.39, 0.29) is 18.5 Å². The first kappa shape index (κ1) is 12.4. The molecule has 15 heavy (non-hydrogen) atoms. The predicted molar refractivity (Wildman–Crippen MR) is 63.5 cm³/mol. The lowest BCUT2D eigenvalue weighted by Gasteiger charge is -2.14. The molecule has 0 amide bonds. The Morgan fingerprint density at radius 1 is 1.47 bits per heavy atom. The molecule has 0 aliphatic carbocycles. The number of rotatable bonds is 6. The lowest BCUT2D eigenvalue weighted by Crippen LogP contribution is -2.16. The van der Waals surface area contributed by atoms with E-state index in [2.05, 4.69) is 13.8 Å². The Morgan fingerprint density at radius 2 is 2.20 bits per heavy atom. The molecular formula is C12H18O2S. The summed E-state index contributed by atoms with van der Waals surface area (Å²) >= 11 is 1.47. The van der Waals surface area contributed by atoms with E-state index < -0.39 is 0 Å². The summed E-state index contributed by atoms with van der Waals surface area (Å²) in [7, 11) is 0. The minimum absolute atomic E-state index is 0.0839. The molecule has 1 rings (SSSR count). The summed E-state index contributed by atoms with van der Waals surface area (Å²) in [6.45, 7) is 6.53. The summed E-state index contributed by atoms with van der Waals surface area (Å²) in [5.41, 5.74) is 0. The third kappa shape index (κ3) is 4.58. The zero-order valence-electron chi connectivity index (χ0n) is 9.53. The van der Waals surface area contributed by atoms with Crippen molar-refractivity contribution in [2.75, 3.05) is 6.61 Å². The van der Waals surface area contributed by atoms with E-state index in [1.54, 1.807) is 0 Å². The molecule has 0 saturated carbocycles. The van der Waals surface area contributed by atoms with Crippen LogP contribution in [0.25, 0.3) is 0 Å². The van der Waals surface area contributed by atoms with E-state index in [9.17, 15) is 4.79 Å². The molecule has 1 heterocycles. The second kappa shape index (κ2) is 6.03. The molecule has 0 radical (unpaired) electrons. The van der Waals surface area contributed by atoms with Crippen molar-refractivity contribution < 1.29 is 9.53 Å². The van der Waals surface area contributed by atoms with E-state index in [4.69, 9.17) is 4.74 Å². The highest BCUT2D eigenvalue weighted by Crippen LogP contribution is 2.11. The zero-order valence-corrected chi connectivity index (χ0v) is 10.3. The van der Waals surface area contributed by atoms with Crippen LogP contribution in [0, 0.1) is 5.92 Å². The topological polar surface area (TPSA) is 26.3 Å². The number of ether oxygens (including phenoxy) is 1. The minimum atomic E-state index is 0.0839. The highest BCUT2D eigenvalue weighted by Gasteiger charge is 2.10. The Kier molecular flexibility index (Phi) is 4.99. The van der Waals surface area contributed by atoms with E-state index >= 15 is 0 Å². The van der Waals surface area contributed by atoms with Crippen molar-refractivity contribution in [3.8, 4) is 0 Å². The smallest absolute Gasteiger partial charge is 0.198 e. The lowest BCUT2D eigenvalue weighted by molar-refractivity contribution is 0.0448. The van der Waals surface area contributed by atoms with Gasteiger partial charge in [0, 0.05) is 0 Å². The third-order valence-corrected chi connectivity index (χ3v) is 3.01. The normalized spacial score (nSPS) is 13.1. The van der Waals surface area contributed by atoms with Gasteiger partial charge < -0.3 is 4.74 Å². The third-order valence-electron chi connectivity index (χ3n) is 2.10. The summed E-state index contributed by atoms with van der Waals surface area (Å²) in [4.78, 5) is 12.4. The highest BCUT2D eigenvalue weighted by atomic mass is 32.1. The average molecular weight is 226 g/mol. The largest absolute Gasteiger partial charge is 0.370 e. The van der Waals surface area contributed by atoms with Crippen LogP contribution in [0.1, 0.15) is 36.9 Å². The number of hydrogen-bond acceptors (Lipinski definition) is 3. The van der Waals surface area contributed by atoms with Crippen molar-refractivity contribution in [1.82, 2.24) is 0 Å². The van der Waals surface area contributed by atoms with Crippen LogP contribution in [0.15, 0.2) is 17.5 Å². The molecule has 3 heteroatoms. The predicted octanol–water partition coefficient (Wildman–Crippen LogP) is 3.38. The van der Waals surface area contributed by atoms with Crippen LogP contribution in [0.5, 0.6) is 0 Å². The van der Waals surface area contributed by atoms with Gasteiger partial charge in [0.25, 0.3) is 0 Å². The molecule has 1 atom stereocenters. The molecule has 0 spiro atoms. The molecule has 0 fully saturated rings. The van der Waals surface area contributed by atoms with Crippen LogP contribution in [-0.4, -0.2) is 18.5 Å². The molecule has 0 N–H and O–H groups in total. The number of thiophene rings is 1. The molecule has 0 aromatic carbocycles. The summed E-state index contributed by atoms with van der Waals surface area (Å²) < 4.78 is 5.50. The fourth-order valence-electron chi connectivity index (χ4n) is 1.46. The second-order valence-electron chi connectivity index (χ2n) is 4.15. The summed E-state index contributed by atoms with van der Waals surface area (Å²) in [5, 5.41) is 1.91. The van der Waals surface area contributed by atoms with Crippen LogP contribution < -0.4 is 0 Å². The SMILES string of the molecule is CC(C)CC(C)OCC(=O)c1cccs1. The molecule has 1 aromatic heterocycles. The van der Waals surface area contributed by atoms with Crippen molar-refractivity contribution in [3.05, 3.63) is 22.4 Å². The maximum atomic E-state index is 11.6. The molecule has 84 valence electrons. The first-order chi connectivity index (χ1) is 7.09. The molecule has 0 aliphatic heterocycles. The van der Waals surface area contributed by atoms with Crippen LogP contribution in [0.2, 0.25) is 0 Å². The van der Waals surface area contributed by atoms with Gasteiger partial charge in [0.15, 0.2) is 5.78 Å². The van der Waals surface area contributed by atoms with Gasteiger partial charge in [-0.1, -0.05) is 19.9 Å². The van der Waals surface area contributed by atoms with Crippen molar-refractivity contribution in [1.29, 1.82) is 0 Å². The summed E-state index contributed by atoms with van der Waals surface area (Å²) in [6.07, 6.45) is 1.16. The number of Topliss-reactive ketones (excluding diaryl/α,β-unsaturated/α-hetero) is 1. The molecule has 1 aromatic rings. The van der Waals surface area contributed by atoms with Crippen LogP contribution in [0.3, 0.4) is 0 Å². The van der Waals surface area contributed by atoms with Gasteiger partial charge >= 0.3 is 0 Å². The number of hydrogen-bond donors (Lipinski definition) is 0. The Bertz CT molecular complexity index is 291. The van der Waals surface area contributed by atoms with Crippen LogP contribution in [0.4, 0.5) is 0 Å². The van der Waals surface area contributed by atoms with Gasteiger partial charge in [0.05, 0.1) is 11.0 Å². The van der Waals surface area contributed by atoms with Crippen molar-refractivity contribution >= 4 is 17.1 Å². The zero-order chi connectivity index (χ0) is 11.3. The van der Waals surface area contributed by atoms with Crippen LogP contribution >= 0.6 is 11.3 Å². The second-order valence-corrected chi connectivity index (χ2v) is 5.10. The Morgan fingerprint density at radius 3 is 2.73 bits per heavy atom. The molecule has 1 unspecified atom stereocenters. The Hall–Kier alpha value is -0.670. The van der Waals surface area contributed by atoms with Gasteiger partial charge in [-0.15, -0.1) is 11.3 Å². The summed E-state index contributed by atoms with van der Waals surface area (Å²) in [5.74, 6) is 0.692. The standard InChI is InChI=1S/C12H18O2S/c1-9(2)7-10(3)14-8-11(13)12-5-4-6-15-12/h4-6,9-10H,7-8H2,1-3H3. The highest BCUT2D eigenvalue weighted by molar-refractivity contribution is 7.12. The maximum absolute atomic E-state index is 11.6. The number of carbonyl (C=O) groups is 1. The summed E-state index contributed by atoms with van der Waals surface area (Å²) in [6, 6.07) is 3.72. The maximum Gasteiger partial charge on any atom is 0.198 e. The quantitative estimate of drug-likeness (QED) is 0.695. The number of ketones is 1. The first-order valence-electron chi connectivity index (χ1n) is 5.28. The molecule has 2 nitrogen and oxygen atoms in total. The van der Waals surface area contributed by atoms with Crippen molar-refractivity contribution in [2.24, 2.45) is 5.92 Å². The van der Waals surface area contributed by atoms with E-state index in [0.29, 0.717) is 5.92 Å². The van der Waals surface area contributed by atoms with E-state index in [1.807, 2.05) is 24.4 Å². The Balaban J connectivity index is 2.28. The monoisotopic (exact) mass is 226 g/mol. The van der Waals surface area contributed by atoms with E-state index in [1.165, 1.54) is 11.3 Å². The van der Waals surface area contributed by atoms with Gasteiger partial charge in [0.2, 0.25) is 0 Å². The van der Waals surface area contributed by atoms with Crippen molar-refractivity contribution in [2.45, 2.75) is 33.3 Å². The minimum Gasteiger partial charge on any atom is -0.370 e. The molecule has 0 saturated heterocycles. The molecular weight excluding hydrogens is 208 g/mol. The van der Waals surface area contributed by atoms with Gasteiger partial charge in [-0.25, -0.2) is 0 Å². The number of carbonyl (C=O) groups excluding carboxylic acids is 1. The van der Waals surface area contributed by atoms with Gasteiger partial charge in [-0.3, -0.25) is 4.79 Å². The average Bonchev–Trinajstić information content (AvgIpc) is 2.65. The molecule has 0 bridgehead atoms. The fourth-order valence-corrected chi connectivity index (χ4v) is 2.11. The van der Waals surface area contributed by atoms with E-state index in [0.717, 1.165) is 11.3 Å². The Labute approximate surface area is 95.3 Å². The van der Waals surface area contributed by atoms with Gasteiger partial charge in [-0.2, -0.15) is 0 Å². The van der Waals surface area contributed by atoms with Gasteiger partial charge in [-0.05, 0) is 30.7 Å².